The number of nitrogens with one attached hydrogen (secondary N) is 1. The van der Waals surface area contributed by atoms with E-state index >= 15 is 0 Å². The largest absolute Gasteiger partial charge is 0.313 e. The molecule has 54 valence electrons. The molecule has 0 aromatic carbocycles. The molecule has 1 heteroatoms. The molecule has 0 aromatic rings. The molecule has 0 amide bonds. The summed E-state index contributed by atoms with van der Waals surface area (Å²) in [6, 6.07) is 0. The lowest BCUT2D eigenvalue weighted by Crippen LogP contribution is -2.25. The second-order valence-electron chi connectivity index (χ2n) is 3.00. The summed E-state index contributed by atoms with van der Waals surface area (Å²) in [6.07, 6.45) is 8.38. The lowest BCUT2D eigenvalue weighted by Gasteiger charge is -2.21. The molecular weight excluding hydrogens is 122 g/mol. The first kappa shape index (κ1) is 6.17. The first-order chi connectivity index (χ1) is 4.97. The molecule has 0 saturated heterocycles. The van der Waals surface area contributed by atoms with Crippen LogP contribution in [-0.4, -0.2) is 13.1 Å². The summed E-state index contributed by atoms with van der Waals surface area (Å²) in [4.78, 5) is 0. The van der Waals surface area contributed by atoms with Gasteiger partial charge >= 0.3 is 0 Å². The van der Waals surface area contributed by atoms with Gasteiger partial charge in [0.1, 0.15) is 0 Å². The van der Waals surface area contributed by atoms with E-state index in [0.29, 0.717) is 0 Å². The Morgan fingerprint density at radius 2 is 2.30 bits per heavy atom. The molecule has 0 spiro atoms. The Kier molecular flexibility index (Phi) is 1.60. The topological polar surface area (TPSA) is 12.0 Å². The maximum absolute atomic E-state index is 3.39. The molecule has 2 rings (SSSR count). The van der Waals surface area contributed by atoms with Crippen molar-refractivity contribution in [2.45, 2.75) is 19.3 Å². The minimum Gasteiger partial charge on any atom is -0.313 e. The van der Waals surface area contributed by atoms with E-state index in [9.17, 15) is 0 Å². The Labute approximate surface area is 61.8 Å². The van der Waals surface area contributed by atoms with E-state index in [2.05, 4.69) is 17.5 Å². The Morgan fingerprint density at radius 3 is 3.20 bits per heavy atom. The van der Waals surface area contributed by atoms with Crippen LogP contribution in [-0.2, 0) is 0 Å². The van der Waals surface area contributed by atoms with Crippen LogP contribution >= 0.6 is 0 Å². The molecular formula is C9H13N. The quantitative estimate of drug-likeness (QED) is 0.532. The molecule has 1 heterocycles. The Bertz CT molecular complexity index is 189. The van der Waals surface area contributed by atoms with Crippen LogP contribution in [0.5, 0.6) is 0 Å². The fourth-order valence-corrected chi connectivity index (χ4v) is 1.69. The number of rotatable bonds is 0. The van der Waals surface area contributed by atoms with Crippen LogP contribution in [0.3, 0.4) is 0 Å². The summed E-state index contributed by atoms with van der Waals surface area (Å²) < 4.78 is 0. The van der Waals surface area contributed by atoms with E-state index in [1.165, 1.54) is 25.8 Å². The SMILES string of the molecule is C1=CC2=C(CC1)CNCC2. The van der Waals surface area contributed by atoms with E-state index in [-0.39, 0.29) is 0 Å². The van der Waals surface area contributed by atoms with Crippen molar-refractivity contribution in [3.05, 3.63) is 23.3 Å². The van der Waals surface area contributed by atoms with Crippen LogP contribution in [0.2, 0.25) is 0 Å². The zero-order chi connectivity index (χ0) is 6.81. The molecule has 0 saturated carbocycles. The van der Waals surface area contributed by atoms with E-state index in [1.54, 1.807) is 11.1 Å². The van der Waals surface area contributed by atoms with Gasteiger partial charge in [-0.15, -0.1) is 0 Å². The third-order valence-corrected chi connectivity index (χ3v) is 2.30. The standard InChI is InChI=1S/C9H13N/c1-2-4-9-7-10-6-5-8(9)3-1/h1,3,10H,2,4-7H2. The van der Waals surface area contributed by atoms with Crippen molar-refractivity contribution in [2.75, 3.05) is 13.1 Å². The molecule has 10 heavy (non-hydrogen) atoms. The van der Waals surface area contributed by atoms with E-state index in [1.807, 2.05) is 0 Å². The van der Waals surface area contributed by atoms with E-state index < -0.39 is 0 Å². The van der Waals surface area contributed by atoms with Gasteiger partial charge in [-0.2, -0.15) is 0 Å². The summed E-state index contributed by atoms with van der Waals surface area (Å²) in [6.45, 7) is 2.31. The van der Waals surface area contributed by atoms with Crippen LogP contribution in [0.4, 0.5) is 0 Å². The van der Waals surface area contributed by atoms with Gasteiger partial charge in [-0.05, 0) is 31.4 Å². The van der Waals surface area contributed by atoms with Crippen LogP contribution in [0.25, 0.3) is 0 Å². The molecule has 0 aromatic heterocycles. The van der Waals surface area contributed by atoms with Crippen LogP contribution in [0, 0.1) is 0 Å². The van der Waals surface area contributed by atoms with Gasteiger partial charge < -0.3 is 5.32 Å². The first-order valence-electron chi connectivity index (χ1n) is 4.05. The average molecular weight is 135 g/mol. The van der Waals surface area contributed by atoms with E-state index in [4.69, 9.17) is 0 Å². The number of hydrogen-bond acceptors (Lipinski definition) is 1. The highest BCUT2D eigenvalue weighted by Crippen LogP contribution is 2.22. The maximum Gasteiger partial charge on any atom is 0.0170 e. The molecule has 0 radical (unpaired) electrons. The van der Waals surface area contributed by atoms with Gasteiger partial charge in [0.05, 0.1) is 0 Å². The molecule has 1 aliphatic heterocycles. The predicted molar refractivity (Wildman–Crippen MR) is 42.9 cm³/mol. The average Bonchev–Trinajstić information content (AvgIpc) is 2.05. The summed E-state index contributed by atoms with van der Waals surface area (Å²) in [5.74, 6) is 0. The Hall–Kier alpha value is -0.560. The molecule has 0 bridgehead atoms. The summed E-state index contributed by atoms with van der Waals surface area (Å²) in [7, 11) is 0. The van der Waals surface area contributed by atoms with E-state index in [0.717, 1.165) is 6.54 Å². The van der Waals surface area contributed by atoms with Gasteiger partial charge in [0, 0.05) is 6.54 Å². The van der Waals surface area contributed by atoms with Gasteiger partial charge in [-0.25, -0.2) is 0 Å². The van der Waals surface area contributed by atoms with Gasteiger partial charge in [-0.1, -0.05) is 17.7 Å². The molecule has 0 atom stereocenters. The molecule has 0 fully saturated rings. The first-order valence-corrected chi connectivity index (χ1v) is 4.05. The van der Waals surface area contributed by atoms with Crippen LogP contribution in [0.1, 0.15) is 19.3 Å². The molecule has 1 aliphatic carbocycles. The maximum atomic E-state index is 3.39. The summed E-state index contributed by atoms with van der Waals surface area (Å²) in [5.41, 5.74) is 3.25. The molecule has 2 aliphatic rings. The normalized spacial score (nSPS) is 24.8. The van der Waals surface area contributed by atoms with Crippen molar-refractivity contribution in [1.29, 1.82) is 0 Å². The Balaban J connectivity index is 2.23. The number of allylic oxidation sites excluding steroid dienone is 2. The van der Waals surface area contributed by atoms with Gasteiger partial charge in [0.2, 0.25) is 0 Å². The van der Waals surface area contributed by atoms with Gasteiger partial charge in [0.15, 0.2) is 0 Å². The third kappa shape index (κ3) is 1.01. The molecule has 1 nitrogen and oxygen atoms in total. The van der Waals surface area contributed by atoms with Crippen molar-refractivity contribution in [3.63, 3.8) is 0 Å². The van der Waals surface area contributed by atoms with Crippen molar-refractivity contribution in [3.8, 4) is 0 Å². The minimum atomic E-state index is 1.14. The van der Waals surface area contributed by atoms with Gasteiger partial charge in [-0.3, -0.25) is 0 Å². The smallest absolute Gasteiger partial charge is 0.0170 e. The van der Waals surface area contributed by atoms with Crippen molar-refractivity contribution in [2.24, 2.45) is 0 Å². The van der Waals surface area contributed by atoms with Crippen molar-refractivity contribution < 1.29 is 0 Å². The molecule has 0 unspecified atom stereocenters. The highest BCUT2D eigenvalue weighted by molar-refractivity contribution is 5.32. The second kappa shape index (κ2) is 2.59. The zero-order valence-corrected chi connectivity index (χ0v) is 6.19. The lowest BCUT2D eigenvalue weighted by atomic mass is 9.93. The fourth-order valence-electron chi connectivity index (χ4n) is 1.69. The van der Waals surface area contributed by atoms with Crippen molar-refractivity contribution in [1.82, 2.24) is 5.32 Å². The lowest BCUT2D eigenvalue weighted by molar-refractivity contribution is 0.656. The van der Waals surface area contributed by atoms with Crippen LogP contribution in [0.15, 0.2) is 23.3 Å². The minimum absolute atomic E-state index is 1.14. The Morgan fingerprint density at radius 1 is 1.30 bits per heavy atom. The summed E-state index contributed by atoms with van der Waals surface area (Å²) in [5, 5.41) is 3.39. The number of hydrogen-bond donors (Lipinski definition) is 1. The van der Waals surface area contributed by atoms with Crippen molar-refractivity contribution >= 4 is 0 Å². The predicted octanol–water partition coefficient (Wildman–Crippen LogP) is 1.63. The zero-order valence-electron chi connectivity index (χ0n) is 6.19. The monoisotopic (exact) mass is 135 g/mol. The fraction of sp³-hybridized carbons (Fsp3) is 0.556. The molecule has 1 N–H and O–H groups in total. The summed E-state index contributed by atoms with van der Waals surface area (Å²) >= 11 is 0. The highest BCUT2D eigenvalue weighted by Gasteiger charge is 2.11. The van der Waals surface area contributed by atoms with Gasteiger partial charge in [0.25, 0.3) is 0 Å². The highest BCUT2D eigenvalue weighted by atomic mass is 14.9. The van der Waals surface area contributed by atoms with Crippen LogP contribution < -0.4 is 5.32 Å². The second-order valence-corrected chi connectivity index (χ2v) is 3.00. The third-order valence-electron chi connectivity index (χ3n) is 2.30.